The molecule has 8 nitrogen and oxygen atoms in total. The van der Waals surface area contributed by atoms with E-state index in [0.717, 1.165) is 17.1 Å². The number of rotatable bonds is 6. The second kappa shape index (κ2) is 8.17. The fourth-order valence-corrected chi connectivity index (χ4v) is 3.02. The molecule has 11 heteroatoms. The molecule has 1 aromatic carbocycles. The molecule has 3 heterocycles. The van der Waals surface area contributed by atoms with E-state index < -0.39 is 6.36 Å². The summed E-state index contributed by atoms with van der Waals surface area (Å²) in [6, 6.07) is 11.1. The number of aryl methyl sites for hydroxylation is 1. The Balaban J connectivity index is 1.48. The summed E-state index contributed by atoms with van der Waals surface area (Å²) in [4.78, 5) is 4.20. The van der Waals surface area contributed by atoms with Gasteiger partial charge in [0.25, 0.3) is 5.90 Å². The number of hydrogen-bond donors (Lipinski definition) is 1. The van der Waals surface area contributed by atoms with Gasteiger partial charge in [-0.25, -0.2) is 9.99 Å². The highest BCUT2D eigenvalue weighted by molar-refractivity contribution is 5.94. The van der Waals surface area contributed by atoms with Crippen molar-refractivity contribution in [3.05, 3.63) is 65.6 Å². The maximum atomic E-state index is 12.3. The van der Waals surface area contributed by atoms with Crippen molar-refractivity contribution < 1.29 is 22.6 Å². The van der Waals surface area contributed by atoms with Crippen LogP contribution in [0.2, 0.25) is 0 Å². The third kappa shape index (κ3) is 4.87. The molecule has 1 aliphatic heterocycles. The first-order valence-electron chi connectivity index (χ1n) is 9.33. The number of nitrogens with zero attached hydrogens (tertiary/aromatic N) is 5. The average molecular weight is 432 g/mol. The van der Waals surface area contributed by atoms with Gasteiger partial charge in [0, 0.05) is 18.9 Å². The Morgan fingerprint density at radius 3 is 2.65 bits per heavy atom. The average Bonchev–Trinajstić information content (AvgIpc) is 3.35. The van der Waals surface area contributed by atoms with Gasteiger partial charge in [-0.05, 0) is 55.0 Å². The van der Waals surface area contributed by atoms with Crippen LogP contribution in [0.15, 0.2) is 53.8 Å². The van der Waals surface area contributed by atoms with Crippen LogP contribution < -0.4 is 15.1 Å². The van der Waals surface area contributed by atoms with Crippen molar-refractivity contribution in [1.82, 2.24) is 14.8 Å². The number of aromatic nitrogens is 3. The van der Waals surface area contributed by atoms with Crippen molar-refractivity contribution in [3.8, 4) is 5.75 Å². The van der Waals surface area contributed by atoms with Gasteiger partial charge in [-0.2, -0.15) is 5.10 Å². The second-order valence-electron chi connectivity index (χ2n) is 6.75. The fraction of sp³-hybridized carbons (Fsp3) is 0.250. The maximum Gasteiger partial charge on any atom is 0.573 e. The second-order valence-corrected chi connectivity index (χ2v) is 6.75. The third-order valence-electron chi connectivity index (χ3n) is 4.52. The van der Waals surface area contributed by atoms with E-state index in [4.69, 9.17) is 4.74 Å². The SMILES string of the molecule is CNc1cc(Cn2nc(C3=NN(c4ccc(OC(F)(F)F)cc4)CO3)cc2C)ccn1. The van der Waals surface area contributed by atoms with Crippen molar-refractivity contribution in [1.29, 1.82) is 0 Å². The zero-order chi connectivity index (χ0) is 22.0. The van der Waals surface area contributed by atoms with Gasteiger partial charge in [-0.3, -0.25) is 4.68 Å². The van der Waals surface area contributed by atoms with Crippen LogP contribution in [0.4, 0.5) is 24.7 Å². The molecule has 31 heavy (non-hydrogen) atoms. The van der Waals surface area contributed by atoms with Crippen molar-refractivity contribution in [3.63, 3.8) is 0 Å². The van der Waals surface area contributed by atoms with Gasteiger partial charge in [-0.15, -0.1) is 18.3 Å². The minimum absolute atomic E-state index is 0.122. The summed E-state index contributed by atoms with van der Waals surface area (Å²) in [6.45, 7) is 2.61. The van der Waals surface area contributed by atoms with Gasteiger partial charge < -0.3 is 14.8 Å². The topological polar surface area (TPSA) is 76.8 Å². The minimum Gasteiger partial charge on any atom is -0.452 e. The molecule has 2 aromatic heterocycles. The predicted octanol–water partition coefficient (Wildman–Crippen LogP) is 3.73. The summed E-state index contributed by atoms with van der Waals surface area (Å²) in [5, 5.41) is 13.5. The lowest BCUT2D eigenvalue weighted by molar-refractivity contribution is -0.274. The Bertz CT molecular complexity index is 1100. The van der Waals surface area contributed by atoms with Gasteiger partial charge in [0.05, 0.1) is 12.2 Å². The Kier molecular flexibility index (Phi) is 5.40. The van der Waals surface area contributed by atoms with Crippen molar-refractivity contribution >= 4 is 17.4 Å². The zero-order valence-corrected chi connectivity index (χ0v) is 16.7. The summed E-state index contributed by atoms with van der Waals surface area (Å²) >= 11 is 0. The lowest BCUT2D eigenvalue weighted by Gasteiger charge is -2.13. The molecule has 0 radical (unpaired) electrons. The molecule has 0 bridgehead atoms. The molecule has 0 unspecified atom stereocenters. The first-order valence-corrected chi connectivity index (χ1v) is 9.33. The Hall–Kier alpha value is -3.76. The van der Waals surface area contributed by atoms with E-state index in [1.54, 1.807) is 6.20 Å². The van der Waals surface area contributed by atoms with E-state index in [1.165, 1.54) is 29.3 Å². The number of pyridine rings is 1. The number of ether oxygens (including phenoxy) is 2. The van der Waals surface area contributed by atoms with Gasteiger partial charge >= 0.3 is 6.36 Å². The van der Waals surface area contributed by atoms with E-state index in [1.807, 2.05) is 36.9 Å². The minimum atomic E-state index is -4.73. The Labute approximate surface area is 175 Å². The van der Waals surface area contributed by atoms with Gasteiger partial charge in [0.1, 0.15) is 17.3 Å². The summed E-state index contributed by atoms with van der Waals surface area (Å²) in [5.41, 5.74) is 3.10. The van der Waals surface area contributed by atoms with Crippen LogP contribution >= 0.6 is 0 Å². The number of halogens is 3. The molecule has 0 atom stereocenters. The highest BCUT2D eigenvalue weighted by Gasteiger charge is 2.31. The van der Waals surface area contributed by atoms with Crippen LogP contribution in [0, 0.1) is 6.92 Å². The number of anilines is 2. The van der Waals surface area contributed by atoms with Crippen molar-refractivity contribution in [2.75, 3.05) is 24.1 Å². The molecule has 0 fully saturated rings. The van der Waals surface area contributed by atoms with Crippen LogP contribution in [0.1, 0.15) is 17.0 Å². The smallest absolute Gasteiger partial charge is 0.452 e. The normalized spacial score (nSPS) is 13.7. The van der Waals surface area contributed by atoms with Gasteiger partial charge in [-0.1, -0.05) is 0 Å². The number of benzene rings is 1. The molecule has 162 valence electrons. The van der Waals surface area contributed by atoms with Crippen molar-refractivity contribution in [2.24, 2.45) is 5.10 Å². The maximum absolute atomic E-state index is 12.3. The number of alkyl halides is 3. The Morgan fingerprint density at radius 2 is 1.94 bits per heavy atom. The quantitative estimate of drug-likeness (QED) is 0.640. The molecule has 0 spiro atoms. The van der Waals surface area contributed by atoms with Crippen LogP contribution in [-0.4, -0.2) is 40.8 Å². The largest absolute Gasteiger partial charge is 0.573 e. The summed E-state index contributed by atoms with van der Waals surface area (Å²) in [7, 11) is 1.81. The molecule has 1 N–H and O–H groups in total. The molecular formula is C20H19F3N6O2. The molecular weight excluding hydrogens is 413 g/mol. The molecule has 0 aliphatic carbocycles. The summed E-state index contributed by atoms with van der Waals surface area (Å²) < 4.78 is 48.3. The van der Waals surface area contributed by atoms with E-state index in [-0.39, 0.29) is 12.5 Å². The molecule has 1 aliphatic rings. The van der Waals surface area contributed by atoms with Crippen LogP contribution in [0.3, 0.4) is 0 Å². The summed E-state index contributed by atoms with van der Waals surface area (Å²) in [5.74, 6) is 0.809. The first kappa shape index (κ1) is 20.5. The molecule has 0 amide bonds. The first-order chi connectivity index (χ1) is 14.8. The molecule has 0 saturated heterocycles. The highest BCUT2D eigenvalue weighted by Crippen LogP contribution is 2.27. The fourth-order valence-electron chi connectivity index (χ4n) is 3.02. The number of hydrogen-bond acceptors (Lipinski definition) is 7. The third-order valence-corrected chi connectivity index (χ3v) is 4.52. The monoisotopic (exact) mass is 432 g/mol. The highest BCUT2D eigenvalue weighted by atomic mass is 19.4. The van der Waals surface area contributed by atoms with Gasteiger partial charge in [0.15, 0.2) is 6.73 Å². The van der Waals surface area contributed by atoms with Crippen LogP contribution in [0.25, 0.3) is 0 Å². The predicted molar refractivity (Wildman–Crippen MR) is 108 cm³/mol. The Morgan fingerprint density at radius 1 is 1.16 bits per heavy atom. The molecule has 0 saturated carbocycles. The van der Waals surface area contributed by atoms with Crippen LogP contribution in [0.5, 0.6) is 5.75 Å². The van der Waals surface area contributed by atoms with Crippen molar-refractivity contribution in [2.45, 2.75) is 19.8 Å². The lowest BCUT2D eigenvalue weighted by Crippen LogP contribution is -2.17. The van der Waals surface area contributed by atoms with E-state index in [2.05, 4.69) is 25.2 Å². The standard InChI is InChI=1S/C20H19F3N6O2/c1-13-9-17(26-28(13)11-14-7-8-25-18(10-14)24-2)19-27-29(12-30-19)15-3-5-16(6-4-15)31-20(21,22)23/h3-10H,11-12H2,1-2H3,(H,24,25). The zero-order valence-electron chi connectivity index (χ0n) is 16.7. The number of hydrazone groups is 1. The van der Waals surface area contributed by atoms with E-state index in [9.17, 15) is 13.2 Å². The van der Waals surface area contributed by atoms with E-state index >= 15 is 0 Å². The molecule has 4 rings (SSSR count). The van der Waals surface area contributed by atoms with Crippen LogP contribution in [-0.2, 0) is 11.3 Å². The molecule has 3 aromatic rings. The lowest BCUT2D eigenvalue weighted by atomic mass is 10.2. The van der Waals surface area contributed by atoms with Gasteiger partial charge in [0.2, 0.25) is 0 Å². The number of nitrogens with one attached hydrogen (secondary N) is 1. The van der Waals surface area contributed by atoms with E-state index in [0.29, 0.717) is 23.8 Å². The summed E-state index contributed by atoms with van der Waals surface area (Å²) in [6.07, 6.45) is -3.00.